The van der Waals surface area contributed by atoms with Crippen LogP contribution in [0.25, 0.3) is 23.4 Å². The van der Waals surface area contributed by atoms with Gasteiger partial charge in [-0.25, -0.2) is 4.98 Å². The lowest BCUT2D eigenvalue weighted by Crippen LogP contribution is -2.10. The van der Waals surface area contributed by atoms with E-state index in [1.165, 1.54) is 12.1 Å². The number of aromatic nitrogens is 2. The predicted molar refractivity (Wildman–Crippen MR) is 133 cm³/mol. The molecule has 0 atom stereocenters. The minimum atomic E-state index is -0.467. The maximum absolute atomic E-state index is 13.0. The van der Waals surface area contributed by atoms with Gasteiger partial charge in [0, 0.05) is 35.3 Å². The Kier molecular flexibility index (Phi) is 5.45. The van der Waals surface area contributed by atoms with Gasteiger partial charge < -0.3 is 15.6 Å². The number of hydrogen-bond donors (Lipinski definition) is 3. The first-order valence-electron chi connectivity index (χ1n) is 10.5. The van der Waals surface area contributed by atoms with Crippen LogP contribution in [0.3, 0.4) is 0 Å². The first-order chi connectivity index (χ1) is 16.6. The van der Waals surface area contributed by atoms with Crippen LogP contribution < -0.4 is 10.6 Å². The molecule has 1 aromatic heterocycles. The lowest BCUT2D eigenvalue weighted by molar-refractivity contribution is -0.384. The molecule has 1 aliphatic heterocycles. The summed E-state index contributed by atoms with van der Waals surface area (Å²) in [7, 11) is 0. The molecule has 0 unspecified atom stereocenters. The average Bonchev–Trinajstić information content (AvgIpc) is 3.49. The molecule has 3 aromatic carbocycles. The molecule has 1 amide bonds. The van der Waals surface area contributed by atoms with Crippen molar-refractivity contribution in [3.63, 3.8) is 0 Å². The maximum atomic E-state index is 13.0. The van der Waals surface area contributed by atoms with Crippen LogP contribution in [0.1, 0.15) is 22.4 Å². The summed E-state index contributed by atoms with van der Waals surface area (Å²) in [5, 5.41) is 17.5. The molecule has 1 aliphatic rings. The van der Waals surface area contributed by atoms with Gasteiger partial charge in [-0.15, -0.1) is 0 Å². The van der Waals surface area contributed by atoms with E-state index in [-0.39, 0.29) is 11.6 Å². The molecule has 0 spiro atoms. The number of anilines is 2. The Hall–Kier alpha value is -4.98. The highest BCUT2D eigenvalue weighted by atomic mass is 16.6. The van der Waals surface area contributed by atoms with Crippen molar-refractivity contribution < 1.29 is 9.72 Å². The number of nitrogens with zero attached hydrogens (tertiary/aromatic N) is 2. The Bertz CT molecular complexity index is 1420. The van der Waals surface area contributed by atoms with Crippen LogP contribution in [0, 0.1) is 10.1 Å². The highest BCUT2D eigenvalue weighted by molar-refractivity contribution is 6.37. The van der Waals surface area contributed by atoms with Gasteiger partial charge in [0.05, 0.1) is 28.2 Å². The number of H-pyrrole nitrogens is 1. The number of aromatic amines is 1. The Morgan fingerprint density at radius 2 is 1.79 bits per heavy atom. The van der Waals surface area contributed by atoms with E-state index in [0.29, 0.717) is 22.5 Å². The molecular formula is C26H19N5O3. The number of imidazole rings is 1. The second kappa shape index (κ2) is 8.87. The van der Waals surface area contributed by atoms with Crippen molar-refractivity contribution in [3.05, 3.63) is 118 Å². The van der Waals surface area contributed by atoms with E-state index < -0.39 is 4.92 Å². The third kappa shape index (κ3) is 4.20. The molecule has 0 bridgehead atoms. The van der Waals surface area contributed by atoms with Crippen molar-refractivity contribution in [1.82, 2.24) is 9.97 Å². The van der Waals surface area contributed by atoms with Gasteiger partial charge in [0.25, 0.3) is 11.6 Å². The first kappa shape index (κ1) is 20.9. The quantitative estimate of drug-likeness (QED) is 0.207. The zero-order valence-corrected chi connectivity index (χ0v) is 17.9. The molecule has 0 aliphatic carbocycles. The van der Waals surface area contributed by atoms with Gasteiger partial charge in [0.2, 0.25) is 0 Å². The van der Waals surface area contributed by atoms with Crippen molar-refractivity contribution in [2.45, 2.75) is 0 Å². The fourth-order valence-corrected chi connectivity index (χ4v) is 3.77. The third-order valence-corrected chi connectivity index (χ3v) is 5.42. The molecule has 8 nitrogen and oxygen atoms in total. The second-order valence-electron chi connectivity index (χ2n) is 7.63. The Labute approximate surface area is 194 Å². The molecule has 5 rings (SSSR count). The number of nitro benzene ring substituents is 1. The van der Waals surface area contributed by atoms with Gasteiger partial charge in [-0.1, -0.05) is 48.5 Å². The molecule has 4 aromatic rings. The predicted octanol–water partition coefficient (Wildman–Crippen LogP) is 5.42. The number of hydrogen-bond acceptors (Lipinski definition) is 5. The summed E-state index contributed by atoms with van der Waals surface area (Å²) in [6.07, 6.45) is 7.29. The Morgan fingerprint density at radius 3 is 2.50 bits per heavy atom. The van der Waals surface area contributed by atoms with E-state index in [1.54, 1.807) is 18.6 Å². The average molecular weight is 449 g/mol. The molecule has 34 heavy (non-hydrogen) atoms. The fraction of sp³-hybridized carbons (Fsp3) is 0. The molecule has 0 radical (unpaired) electrons. The number of fused-ring (bicyclic) bond motifs is 1. The molecule has 2 heterocycles. The number of amides is 1. The summed E-state index contributed by atoms with van der Waals surface area (Å²) in [6, 6.07) is 21.5. The number of benzene rings is 3. The number of carbonyl (C=O) groups is 1. The Balaban J connectivity index is 1.54. The van der Waals surface area contributed by atoms with Crippen LogP contribution in [0.2, 0.25) is 0 Å². The maximum Gasteiger partial charge on any atom is 0.270 e. The van der Waals surface area contributed by atoms with Crippen molar-refractivity contribution in [2.24, 2.45) is 0 Å². The smallest absolute Gasteiger partial charge is 0.270 e. The molecule has 166 valence electrons. The summed E-state index contributed by atoms with van der Waals surface area (Å²) in [5.74, 6) is -0.319. The van der Waals surface area contributed by atoms with Crippen molar-refractivity contribution in [2.75, 3.05) is 10.6 Å². The number of carbonyl (C=O) groups excluding carboxylic acids is 1. The van der Waals surface area contributed by atoms with E-state index >= 15 is 0 Å². The second-order valence-corrected chi connectivity index (χ2v) is 7.63. The SMILES string of the molecule is O=C1Nc2ccc([N+](=O)[O-])cc2C1=C(Nc1ccc(C=Cc2c[nH]cn2)cc1)c1ccccc1. The van der Waals surface area contributed by atoms with Crippen molar-refractivity contribution in [1.29, 1.82) is 0 Å². The van der Waals surface area contributed by atoms with Crippen molar-refractivity contribution >= 4 is 46.4 Å². The van der Waals surface area contributed by atoms with Crippen molar-refractivity contribution in [3.8, 4) is 0 Å². The molecule has 3 N–H and O–H groups in total. The monoisotopic (exact) mass is 449 g/mol. The van der Waals surface area contributed by atoms with Crippen LogP contribution in [0.15, 0.2) is 85.3 Å². The van der Waals surface area contributed by atoms with E-state index in [4.69, 9.17) is 0 Å². The summed E-state index contributed by atoms with van der Waals surface area (Å²) in [4.78, 5) is 30.9. The summed E-state index contributed by atoms with van der Waals surface area (Å²) in [6.45, 7) is 0. The normalized spacial score (nSPS) is 14.1. The van der Waals surface area contributed by atoms with Gasteiger partial charge in [0.1, 0.15) is 0 Å². The van der Waals surface area contributed by atoms with Gasteiger partial charge in [0.15, 0.2) is 0 Å². The van der Waals surface area contributed by atoms with Gasteiger partial charge in [-0.3, -0.25) is 14.9 Å². The lowest BCUT2D eigenvalue weighted by atomic mass is 9.99. The number of nitro groups is 1. The molecule has 0 fully saturated rings. The van der Waals surface area contributed by atoms with E-state index in [0.717, 1.165) is 22.5 Å². The topological polar surface area (TPSA) is 113 Å². The number of rotatable bonds is 6. The third-order valence-electron chi connectivity index (χ3n) is 5.42. The van der Waals surface area contributed by atoms with E-state index in [2.05, 4.69) is 20.6 Å². The van der Waals surface area contributed by atoms with Gasteiger partial charge >= 0.3 is 0 Å². The van der Waals surface area contributed by atoms with Crippen LogP contribution in [-0.4, -0.2) is 20.8 Å². The summed E-state index contributed by atoms with van der Waals surface area (Å²) < 4.78 is 0. The van der Waals surface area contributed by atoms with Crippen LogP contribution in [0.4, 0.5) is 17.1 Å². The zero-order valence-electron chi connectivity index (χ0n) is 17.9. The minimum absolute atomic E-state index is 0.0757. The number of non-ortho nitro benzene ring substituents is 1. The summed E-state index contributed by atoms with van der Waals surface area (Å²) in [5.41, 5.74) is 5.26. The molecule has 8 heteroatoms. The minimum Gasteiger partial charge on any atom is -0.354 e. The lowest BCUT2D eigenvalue weighted by Gasteiger charge is -2.15. The van der Waals surface area contributed by atoms with Crippen LogP contribution in [0.5, 0.6) is 0 Å². The van der Waals surface area contributed by atoms with Crippen LogP contribution >= 0.6 is 0 Å². The highest BCUT2D eigenvalue weighted by Crippen LogP contribution is 2.39. The Morgan fingerprint density at radius 1 is 1.00 bits per heavy atom. The first-order valence-corrected chi connectivity index (χ1v) is 10.5. The summed E-state index contributed by atoms with van der Waals surface area (Å²) >= 11 is 0. The fourth-order valence-electron chi connectivity index (χ4n) is 3.77. The van der Waals surface area contributed by atoms with Gasteiger partial charge in [-0.05, 0) is 35.4 Å². The van der Waals surface area contributed by atoms with Gasteiger partial charge in [-0.2, -0.15) is 0 Å². The molecule has 0 saturated carbocycles. The molecular weight excluding hydrogens is 430 g/mol. The zero-order chi connectivity index (χ0) is 23.5. The largest absolute Gasteiger partial charge is 0.354 e. The molecule has 0 saturated heterocycles. The number of nitrogens with one attached hydrogen (secondary N) is 3. The van der Waals surface area contributed by atoms with E-state index in [1.807, 2.05) is 66.7 Å². The standard InChI is InChI=1S/C26H19N5O3/c32-26-24(22-14-21(31(33)34)12-13-23(22)30-26)25(18-4-2-1-3-5-18)29-19-9-6-17(7-10-19)8-11-20-15-27-16-28-20/h1-16,29H,(H,27,28)(H,30,32). The highest BCUT2D eigenvalue weighted by Gasteiger charge is 2.30. The van der Waals surface area contributed by atoms with Crippen LogP contribution in [-0.2, 0) is 4.79 Å². The van der Waals surface area contributed by atoms with E-state index in [9.17, 15) is 14.9 Å².